The summed E-state index contributed by atoms with van der Waals surface area (Å²) in [5.74, 6) is -0.846. The van der Waals surface area contributed by atoms with Crippen molar-refractivity contribution < 1.29 is 14.3 Å². The molecule has 1 aliphatic heterocycles. The molecule has 110 valence electrons. The van der Waals surface area contributed by atoms with Crippen molar-refractivity contribution >= 4 is 29.1 Å². The van der Waals surface area contributed by atoms with Crippen LogP contribution in [0.15, 0.2) is 18.2 Å². The van der Waals surface area contributed by atoms with Crippen LogP contribution in [0.4, 0.5) is 0 Å². The molecule has 1 aliphatic rings. The van der Waals surface area contributed by atoms with Gasteiger partial charge in [-0.05, 0) is 31.5 Å². The molecular formula is C14H17Cl2NO3. The van der Waals surface area contributed by atoms with Crippen LogP contribution < -0.4 is 5.32 Å². The van der Waals surface area contributed by atoms with Crippen molar-refractivity contribution in [1.82, 2.24) is 5.32 Å². The van der Waals surface area contributed by atoms with E-state index in [-0.39, 0.29) is 5.91 Å². The van der Waals surface area contributed by atoms with Gasteiger partial charge in [-0.25, -0.2) is 0 Å². The molecule has 1 amide bonds. The zero-order valence-electron chi connectivity index (χ0n) is 11.2. The molecule has 0 aliphatic carbocycles. The normalized spacial score (nSPS) is 17.8. The summed E-state index contributed by atoms with van der Waals surface area (Å²) < 4.78 is 11.2. The molecule has 6 heteroatoms. The number of hydrogen-bond donors (Lipinski definition) is 1. The summed E-state index contributed by atoms with van der Waals surface area (Å²) in [6.45, 7) is 3.71. The molecule has 0 radical (unpaired) electrons. The van der Waals surface area contributed by atoms with Crippen molar-refractivity contribution in [2.24, 2.45) is 0 Å². The fourth-order valence-electron chi connectivity index (χ4n) is 1.99. The third-order valence-corrected chi connectivity index (χ3v) is 3.69. The highest BCUT2D eigenvalue weighted by molar-refractivity contribution is 6.36. The number of benzene rings is 1. The minimum absolute atomic E-state index is 0.230. The summed E-state index contributed by atoms with van der Waals surface area (Å²) >= 11 is 11.8. The molecule has 1 N–H and O–H groups in total. The topological polar surface area (TPSA) is 47.6 Å². The first-order chi connectivity index (χ1) is 9.50. The number of halogens is 2. The van der Waals surface area contributed by atoms with E-state index in [0.717, 1.165) is 6.42 Å². The van der Waals surface area contributed by atoms with Gasteiger partial charge in [0.1, 0.15) is 0 Å². The number of ether oxygens (including phenoxy) is 2. The number of carbonyl (C=O) groups excluding carboxylic acids is 1. The van der Waals surface area contributed by atoms with Crippen LogP contribution in [-0.4, -0.2) is 31.5 Å². The van der Waals surface area contributed by atoms with Crippen LogP contribution in [0.5, 0.6) is 0 Å². The predicted molar refractivity (Wildman–Crippen MR) is 78.3 cm³/mol. The van der Waals surface area contributed by atoms with E-state index < -0.39 is 5.79 Å². The molecule has 1 aromatic rings. The number of amides is 1. The van der Waals surface area contributed by atoms with E-state index in [4.69, 9.17) is 32.7 Å². The molecule has 0 aromatic heterocycles. The minimum atomic E-state index is -0.616. The van der Waals surface area contributed by atoms with E-state index in [0.29, 0.717) is 41.8 Å². The van der Waals surface area contributed by atoms with Gasteiger partial charge in [0, 0.05) is 18.0 Å². The second kappa shape index (κ2) is 6.76. The van der Waals surface area contributed by atoms with E-state index in [2.05, 4.69) is 5.32 Å². The van der Waals surface area contributed by atoms with Crippen LogP contribution in [0.25, 0.3) is 0 Å². The van der Waals surface area contributed by atoms with Gasteiger partial charge in [-0.1, -0.05) is 23.2 Å². The van der Waals surface area contributed by atoms with E-state index in [9.17, 15) is 4.79 Å². The predicted octanol–water partition coefficient (Wildman–Crippen LogP) is 3.27. The Balaban J connectivity index is 1.86. The van der Waals surface area contributed by atoms with Gasteiger partial charge in [0.25, 0.3) is 5.91 Å². The van der Waals surface area contributed by atoms with Crippen LogP contribution in [-0.2, 0) is 9.47 Å². The summed E-state index contributed by atoms with van der Waals surface area (Å²) in [5.41, 5.74) is 0.409. The molecule has 1 saturated heterocycles. The van der Waals surface area contributed by atoms with Crippen LogP contribution in [0, 0.1) is 0 Å². The van der Waals surface area contributed by atoms with Crippen molar-refractivity contribution in [3.05, 3.63) is 33.8 Å². The third-order valence-electron chi connectivity index (χ3n) is 3.14. The molecule has 0 atom stereocenters. The molecule has 1 aromatic carbocycles. The summed E-state index contributed by atoms with van der Waals surface area (Å²) in [6, 6.07) is 4.79. The molecule has 0 spiro atoms. The maximum Gasteiger partial charge on any atom is 0.252 e. The van der Waals surface area contributed by atoms with Gasteiger partial charge in [0.05, 0.1) is 23.8 Å². The maximum atomic E-state index is 12.0. The Morgan fingerprint density at radius 3 is 2.70 bits per heavy atom. The summed E-state index contributed by atoms with van der Waals surface area (Å²) in [6.07, 6.45) is 1.49. The van der Waals surface area contributed by atoms with Gasteiger partial charge in [-0.3, -0.25) is 4.79 Å². The van der Waals surface area contributed by atoms with E-state index >= 15 is 0 Å². The van der Waals surface area contributed by atoms with Crippen LogP contribution >= 0.6 is 23.2 Å². The molecule has 20 heavy (non-hydrogen) atoms. The average molecular weight is 318 g/mol. The van der Waals surface area contributed by atoms with Crippen LogP contribution in [0.1, 0.15) is 30.1 Å². The van der Waals surface area contributed by atoms with Gasteiger partial charge in [0.15, 0.2) is 5.79 Å². The summed E-state index contributed by atoms with van der Waals surface area (Å²) in [7, 11) is 0. The first-order valence-corrected chi connectivity index (χ1v) is 7.27. The summed E-state index contributed by atoms with van der Waals surface area (Å²) in [5, 5.41) is 3.65. The summed E-state index contributed by atoms with van der Waals surface area (Å²) in [4.78, 5) is 12.0. The Bertz CT molecular complexity index is 487. The highest BCUT2D eigenvalue weighted by atomic mass is 35.5. The fraction of sp³-hybridized carbons (Fsp3) is 0.500. The lowest BCUT2D eigenvalue weighted by Crippen LogP contribution is -2.41. The molecule has 2 rings (SSSR count). The molecule has 4 nitrogen and oxygen atoms in total. The molecule has 1 fully saturated rings. The second-order valence-electron chi connectivity index (χ2n) is 4.81. The van der Waals surface area contributed by atoms with Gasteiger partial charge < -0.3 is 14.8 Å². The standard InChI is InChI=1S/C14H17Cl2NO3/c1-14(19-7-2-8-20-14)5-6-17-13(18)11-4-3-10(15)9-12(11)16/h3-4,9H,2,5-8H2,1H3,(H,17,18). The zero-order valence-corrected chi connectivity index (χ0v) is 12.8. The smallest absolute Gasteiger partial charge is 0.252 e. The number of carbonyl (C=O) groups is 1. The Kier molecular flexibility index (Phi) is 5.27. The van der Waals surface area contributed by atoms with E-state index in [1.54, 1.807) is 18.2 Å². The van der Waals surface area contributed by atoms with Gasteiger partial charge >= 0.3 is 0 Å². The molecule has 0 bridgehead atoms. The second-order valence-corrected chi connectivity index (χ2v) is 5.66. The monoisotopic (exact) mass is 317 g/mol. The van der Waals surface area contributed by atoms with Gasteiger partial charge in [-0.15, -0.1) is 0 Å². The highest BCUT2D eigenvalue weighted by Gasteiger charge is 2.28. The third kappa shape index (κ3) is 4.09. The van der Waals surface area contributed by atoms with Crippen molar-refractivity contribution in [2.45, 2.75) is 25.6 Å². The van der Waals surface area contributed by atoms with E-state index in [1.165, 1.54) is 0 Å². The van der Waals surface area contributed by atoms with Crippen molar-refractivity contribution in [3.63, 3.8) is 0 Å². The number of hydrogen-bond acceptors (Lipinski definition) is 3. The largest absolute Gasteiger partial charge is 0.352 e. The Labute approximate surface area is 128 Å². The molecule has 0 saturated carbocycles. The van der Waals surface area contributed by atoms with Crippen LogP contribution in [0.2, 0.25) is 10.0 Å². The first kappa shape index (κ1) is 15.6. The maximum absolute atomic E-state index is 12.0. The molecule has 1 heterocycles. The average Bonchev–Trinajstić information content (AvgIpc) is 2.39. The lowest BCUT2D eigenvalue weighted by atomic mass is 10.1. The SMILES string of the molecule is CC1(CCNC(=O)c2ccc(Cl)cc2Cl)OCCCO1. The van der Waals surface area contributed by atoms with Crippen molar-refractivity contribution in [1.29, 1.82) is 0 Å². The van der Waals surface area contributed by atoms with Crippen molar-refractivity contribution in [3.8, 4) is 0 Å². The van der Waals surface area contributed by atoms with Crippen LogP contribution in [0.3, 0.4) is 0 Å². The molecule has 0 unspecified atom stereocenters. The number of nitrogens with one attached hydrogen (secondary N) is 1. The van der Waals surface area contributed by atoms with Gasteiger partial charge in [0.2, 0.25) is 0 Å². The van der Waals surface area contributed by atoms with Gasteiger partial charge in [-0.2, -0.15) is 0 Å². The Hall–Kier alpha value is -0.810. The quantitative estimate of drug-likeness (QED) is 0.927. The lowest BCUT2D eigenvalue weighted by Gasteiger charge is -2.33. The zero-order chi connectivity index (χ0) is 14.6. The highest BCUT2D eigenvalue weighted by Crippen LogP contribution is 2.22. The Morgan fingerprint density at radius 2 is 2.05 bits per heavy atom. The lowest BCUT2D eigenvalue weighted by molar-refractivity contribution is -0.257. The first-order valence-electron chi connectivity index (χ1n) is 6.51. The van der Waals surface area contributed by atoms with E-state index in [1.807, 2.05) is 6.92 Å². The number of rotatable bonds is 4. The fourth-order valence-corrected chi connectivity index (χ4v) is 2.49. The minimum Gasteiger partial charge on any atom is -0.352 e. The Morgan fingerprint density at radius 1 is 1.35 bits per heavy atom. The van der Waals surface area contributed by atoms with Crippen molar-refractivity contribution in [2.75, 3.05) is 19.8 Å². The molecular weight excluding hydrogens is 301 g/mol.